The fourth-order valence-corrected chi connectivity index (χ4v) is 6.27. The fourth-order valence-electron chi connectivity index (χ4n) is 4.23. The number of nitrogens with zero attached hydrogens (tertiary/aromatic N) is 2. The molecule has 2 unspecified atom stereocenters. The Kier molecular flexibility index (Phi) is 6.93. The van der Waals surface area contributed by atoms with E-state index in [9.17, 15) is 13.2 Å². The lowest BCUT2D eigenvalue weighted by Crippen LogP contribution is -2.53. The number of piperidine rings is 2. The van der Waals surface area contributed by atoms with Gasteiger partial charge in [0, 0.05) is 38.1 Å². The van der Waals surface area contributed by atoms with Gasteiger partial charge in [-0.2, -0.15) is 0 Å². The number of carbonyl (C=O) groups excluding carboxylic acids is 1. The van der Waals surface area contributed by atoms with E-state index >= 15 is 0 Å². The van der Waals surface area contributed by atoms with E-state index in [1.165, 1.54) is 0 Å². The van der Waals surface area contributed by atoms with Crippen molar-refractivity contribution in [3.63, 3.8) is 0 Å². The molecule has 140 valence electrons. The number of sulfonamides is 1. The lowest BCUT2D eigenvalue weighted by atomic mass is 10.0. The van der Waals surface area contributed by atoms with Crippen molar-refractivity contribution in [2.24, 2.45) is 11.7 Å². The Balaban J connectivity index is 0.00000208. The summed E-state index contributed by atoms with van der Waals surface area (Å²) < 4.78 is 27.4. The first-order valence-electron chi connectivity index (χ1n) is 9.02. The van der Waals surface area contributed by atoms with Crippen LogP contribution in [0.25, 0.3) is 0 Å². The summed E-state index contributed by atoms with van der Waals surface area (Å²) in [5.41, 5.74) is 5.94. The highest BCUT2D eigenvalue weighted by Gasteiger charge is 2.39. The van der Waals surface area contributed by atoms with Crippen LogP contribution in [0.5, 0.6) is 0 Å². The monoisotopic (exact) mass is 379 g/mol. The summed E-state index contributed by atoms with van der Waals surface area (Å²) in [6, 6.07) is -0.0571. The highest BCUT2D eigenvalue weighted by atomic mass is 35.5. The first-order chi connectivity index (χ1) is 11.0. The van der Waals surface area contributed by atoms with Crippen molar-refractivity contribution in [3.05, 3.63) is 0 Å². The summed E-state index contributed by atoms with van der Waals surface area (Å²) in [5.74, 6) is 0.303. The largest absolute Gasteiger partial charge is 0.341 e. The van der Waals surface area contributed by atoms with Crippen molar-refractivity contribution >= 4 is 28.3 Å². The van der Waals surface area contributed by atoms with Crippen LogP contribution in [-0.4, -0.2) is 61.0 Å². The number of carbonyl (C=O) groups is 1. The van der Waals surface area contributed by atoms with Crippen LogP contribution in [0.2, 0.25) is 0 Å². The zero-order valence-electron chi connectivity index (χ0n) is 14.2. The van der Waals surface area contributed by atoms with Gasteiger partial charge in [-0.1, -0.05) is 12.8 Å². The van der Waals surface area contributed by atoms with Gasteiger partial charge in [0.05, 0.1) is 5.25 Å². The lowest BCUT2D eigenvalue weighted by molar-refractivity contribution is -0.136. The molecule has 0 aromatic heterocycles. The molecule has 0 aromatic carbocycles. The lowest BCUT2D eigenvalue weighted by Gasteiger charge is -2.38. The van der Waals surface area contributed by atoms with Gasteiger partial charge in [0.25, 0.3) is 0 Å². The van der Waals surface area contributed by atoms with Crippen LogP contribution in [0.1, 0.15) is 51.4 Å². The standard InChI is InChI=1S/C16H29N3O3S.ClH/c17-14-7-3-10-19(11-14)23(21,22)15-8-4-9-18(12-15)16(20)13-5-1-2-6-13;/h13-15H,1-12,17H2;1H. The van der Waals surface area contributed by atoms with Crippen LogP contribution in [0, 0.1) is 5.92 Å². The number of hydrogen-bond acceptors (Lipinski definition) is 4. The highest BCUT2D eigenvalue weighted by molar-refractivity contribution is 7.89. The van der Waals surface area contributed by atoms with E-state index in [1.54, 1.807) is 4.31 Å². The maximum atomic E-state index is 12.9. The van der Waals surface area contributed by atoms with E-state index in [1.807, 2.05) is 4.90 Å². The van der Waals surface area contributed by atoms with Crippen molar-refractivity contribution in [2.45, 2.75) is 62.7 Å². The summed E-state index contributed by atoms with van der Waals surface area (Å²) in [4.78, 5) is 14.4. The first-order valence-corrected chi connectivity index (χ1v) is 10.5. The summed E-state index contributed by atoms with van der Waals surface area (Å²) in [5, 5.41) is -0.452. The molecule has 2 saturated heterocycles. The zero-order valence-corrected chi connectivity index (χ0v) is 15.9. The Morgan fingerprint density at radius 2 is 1.58 bits per heavy atom. The summed E-state index contributed by atoms with van der Waals surface area (Å²) >= 11 is 0. The molecule has 2 atom stereocenters. The third-order valence-electron chi connectivity index (χ3n) is 5.60. The molecule has 0 bridgehead atoms. The Bertz CT molecular complexity index is 537. The Morgan fingerprint density at radius 3 is 2.25 bits per heavy atom. The zero-order chi connectivity index (χ0) is 16.4. The number of nitrogens with two attached hydrogens (primary N) is 1. The first kappa shape index (κ1) is 19.9. The van der Waals surface area contributed by atoms with Crippen molar-refractivity contribution in [3.8, 4) is 0 Å². The van der Waals surface area contributed by atoms with Crippen LogP contribution in [-0.2, 0) is 14.8 Å². The van der Waals surface area contributed by atoms with Gasteiger partial charge in [0.1, 0.15) is 0 Å². The number of amides is 1. The Morgan fingerprint density at radius 1 is 0.917 bits per heavy atom. The molecule has 3 rings (SSSR count). The Hall–Kier alpha value is -0.370. The minimum Gasteiger partial charge on any atom is -0.341 e. The average Bonchev–Trinajstić information content (AvgIpc) is 3.09. The molecule has 8 heteroatoms. The molecule has 2 heterocycles. The summed E-state index contributed by atoms with van der Waals surface area (Å²) in [6.45, 7) is 2.07. The van der Waals surface area contributed by atoms with Gasteiger partial charge in [-0.15, -0.1) is 12.4 Å². The molecule has 1 saturated carbocycles. The molecule has 1 aliphatic carbocycles. The van der Waals surface area contributed by atoms with Crippen LogP contribution in [0.15, 0.2) is 0 Å². The van der Waals surface area contributed by atoms with Crippen molar-refractivity contribution in [1.82, 2.24) is 9.21 Å². The van der Waals surface area contributed by atoms with Crippen LogP contribution >= 0.6 is 12.4 Å². The number of rotatable bonds is 3. The molecule has 6 nitrogen and oxygen atoms in total. The third kappa shape index (κ3) is 4.23. The predicted octanol–water partition coefficient (Wildman–Crippen LogP) is 1.34. The van der Waals surface area contributed by atoms with E-state index in [0.29, 0.717) is 32.6 Å². The van der Waals surface area contributed by atoms with Crippen LogP contribution in [0.3, 0.4) is 0 Å². The number of halogens is 1. The van der Waals surface area contributed by atoms with Gasteiger partial charge >= 0.3 is 0 Å². The van der Waals surface area contributed by atoms with E-state index in [0.717, 1.165) is 44.9 Å². The second-order valence-electron chi connectivity index (χ2n) is 7.34. The van der Waals surface area contributed by atoms with E-state index in [4.69, 9.17) is 5.73 Å². The quantitative estimate of drug-likeness (QED) is 0.802. The van der Waals surface area contributed by atoms with Gasteiger partial charge in [-0.25, -0.2) is 12.7 Å². The summed E-state index contributed by atoms with van der Waals surface area (Å²) in [7, 11) is -3.35. The second kappa shape index (κ2) is 8.34. The average molecular weight is 380 g/mol. The fraction of sp³-hybridized carbons (Fsp3) is 0.938. The normalized spacial score (nSPS) is 30.1. The van der Waals surface area contributed by atoms with E-state index in [-0.39, 0.29) is 30.3 Å². The minimum atomic E-state index is -3.35. The molecular weight excluding hydrogens is 350 g/mol. The molecule has 3 fully saturated rings. The maximum absolute atomic E-state index is 12.9. The molecule has 0 spiro atoms. The molecule has 3 aliphatic rings. The molecule has 0 aromatic rings. The molecular formula is C16H30ClN3O3S. The van der Waals surface area contributed by atoms with Crippen LogP contribution < -0.4 is 5.73 Å². The van der Waals surface area contributed by atoms with E-state index in [2.05, 4.69) is 0 Å². The third-order valence-corrected chi connectivity index (χ3v) is 7.87. The van der Waals surface area contributed by atoms with Crippen molar-refractivity contribution in [1.29, 1.82) is 0 Å². The molecule has 2 aliphatic heterocycles. The van der Waals surface area contributed by atoms with Gasteiger partial charge in [0.15, 0.2) is 0 Å². The van der Waals surface area contributed by atoms with Crippen molar-refractivity contribution < 1.29 is 13.2 Å². The number of likely N-dealkylation sites (tertiary alicyclic amines) is 1. The molecule has 0 radical (unpaired) electrons. The molecule has 1 amide bonds. The minimum absolute atomic E-state index is 0. The smallest absolute Gasteiger partial charge is 0.225 e. The summed E-state index contributed by atoms with van der Waals surface area (Å²) in [6.07, 6.45) is 7.34. The predicted molar refractivity (Wildman–Crippen MR) is 96.5 cm³/mol. The SMILES string of the molecule is Cl.NC1CCCN(S(=O)(=O)C2CCCN(C(=O)C3CCCC3)C2)C1. The number of hydrogen-bond donors (Lipinski definition) is 1. The van der Waals surface area contributed by atoms with Crippen molar-refractivity contribution in [2.75, 3.05) is 26.2 Å². The maximum Gasteiger partial charge on any atom is 0.225 e. The highest BCUT2D eigenvalue weighted by Crippen LogP contribution is 2.29. The topological polar surface area (TPSA) is 83.7 Å². The van der Waals surface area contributed by atoms with Gasteiger partial charge in [-0.05, 0) is 38.5 Å². The van der Waals surface area contributed by atoms with Gasteiger partial charge in [-0.3, -0.25) is 4.79 Å². The Labute approximate surface area is 151 Å². The second-order valence-corrected chi connectivity index (χ2v) is 9.55. The van der Waals surface area contributed by atoms with E-state index < -0.39 is 15.3 Å². The van der Waals surface area contributed by atoms with Crippen LogP contribution in [0.4, 0.5) is 0 Å². The molecule has 24 heavy (non-hydrogen) atoms. The molecule has 2 N–H and O–H groups in total. The van der Waals surface area contributed by atoms with Gasteiger partial charge < -0.3 is 10.6 Å². The van der Waals surface area contributed by atoms with Gasteiger partial charge in [0.2, 0.25) is 15.9 Å².